The molecule has 0 aliphatic rings. The Morgan fingerprint density at radius 2 is 2.14 bits per heavy atom. The summed E-state index contributed by atoms with van der Waals surface area (Å²) >= 11 is 0. The van der Waals surface area contributed by atoms with E-state index in [1.807, 2.05) is 4.68 Å². The number of aryl methyl sites for hydroxylation is 1. The summed E-state index contributed by atoms with van der Waals surface area (Å²) in [6, 6.07) is 0. The molecular formula is C9H13N5. The molecule has 2 aromatic rings. The van der Waals surface area contributed by atoms with Gasteiger partial charge in [-0.05, 0) is 6.42 Å². The van der Waals surface area contributed by atoms with Gasteiger partial charge < -0.3 is 11.5 Å². The molecule has 14 heavy (non-hydrogen) atoms. The number of nitrogen functional groups attached to an aromatic ring is 2. The van der Waals surface area contributed by atoms with Gasteiger partial charge in [0, 0.05) is 6.54 Å². The number of hydrogen-bond donors (Lipinski definition) is 2. The lowest BCUT2D eigenvalue weighted by Gasteiger charge is -2.02. The van der Waals surface area contributed by atoms with Crippen LogP contribution in [0.15, 0.2) is 12.4 Å². The van der Waals surface area contributed by atoms with Crippen LogP contribution in [0.2, 0.25) is 0 Å². The zero-order chi connectivity index (χ0) is 10.1. The van der Waals surface area contributed by atoms with Gasteiger partial charge >= 0.3 is 0 Å². The molecule has 0 bridgehead atoms. The van der Waals surface area contributed by atoms with Gasteiger partial charge in [-0.3, -0.25) is 0 Å². The SMILES string of the molecule is CCCn1ncc2c(N)c(N)cnc21. The first-order chi connectivity index (χ1) is 6.74. The first-order valence-corrected chi connectivity index (χ1v) is 4.59. The van der Waals surface area contributed by atoms with Crippen LogP contribution in [-0.2, 0) is 6.54 Å². The van der Waals surface area contributed by atoms with Crippen LogP contribution in [0.25, 0.3) is 11.0 Å². The maximum absolute atomic E-state index is 5.81. The fraction of sp³-hybridized carbons (Fsp3) is 0.333. The molecule has 0 amide bonds. The van der Waals surface area contributed by atoms with Gasteiger partial charge in [0.2, 0.25) is 0 Å². The molecular weight excluding hydrogens is 178 g/mol. The topological polar surface area (TPSA) is 82.8 Å². The molecule has 4 N–H and O–H groups in total. The van der Waals surface area contributed by atoms with E-state index in [2.05, 4.69) is 17.0 Å². The Bertz CT molecular complexity index is 459. The first-order valence-electron chi connectivity index (χ1n) is 4.59. The van der Waals surface area contributed by atoms with Crippen LogP contribution in [0.5, 0.6) is 0 Å². The van der Waals surface area contributed by atoms with Crippen molar-refractivity contribution >= 4 is 22.4 Å². The number of hydrogen-bond acceptors (Lipinski definition) is 4. The van der Waals surface area contributed by atoms with Crippen molar-refractivity contribution in [3.63, 3.8) is 0 Å². The van der Waals surface area contributed by atoms with E-state index < -0.39 is 0 Å². The third-order valence-electron chi connectivity index (χ3n) is 2.17. The molecule has 5 nitrogen and oxygen atoms in total. The van der Waals surface area contributed by atoms with E-state index in [4.69, 9.17) is 11.5 Å². The van der Waals surface area contributed by atoms with Crippen molar-refractivity contribution in [3.8, 4) is 0 Å². The minimum atomic E-state index is 0.508. The fourth-order valence-electron chi connectivity index (χ4n) is 1.44. The highest BCUT2D eigenvalue weighted by atomic mass is 15.3. The minimum Gasteiger partial charge on any atom is -0.396 e. The smallest absolute Gasteiger partial charge is 0.159 e. The van der Waals surface area contributed by atoms with Crippen LogP contribution < -0.4 is 11.5 Å². The van der Waals surface area contributed by atoms with Crippen LogP contribution >= 0.6 is 0 Å². The molecule has 0 fully saturated rings. The zero-order valence-electron chi connectivity index (χ0n) is 8.07. The van der Waals surface area contributed by atoms with Gasteiger partial charge in [-0.25, -0.2) is 9.67 Å². The van der Waals surface area contributed by atoms with Crippen molar-refractivity contribution in [1.29, 1.82) is 0 Å². The van der Waals surface area contributed by atoms with Crippen molar-refractivity contribution in [2.45, 2.75) is 19.9 Å². The molecule has 0 unspecified atom stereocenters. The second-order valence-electron chi connectivity index (χ2n) is 3.23. The minimum absolute atomic E-state index is 0.508. The van der Waals surface area contributed by atoms with E-state index >= 15 is 0 Å². The lowest BCUT2D eigenvalue weighted by atomic mass is 10.3. The predicted octanol–water partition coefficient (Wildman–Crippen LogP) is 1.01. The molecule has 5 heteroatoms. The average molecular weight is 191 g/mol. The third kappa shape index (κ3) is 1.17. The highest BCUT2D eigenvalue weighted by molar-refractivity contribution is 5.93. The summed E-state index contributed by atoms with van der Waals surface area (Å²) in [6.07, 6.45) is 4.30. The second kappa shape index (κ2) is 3.17. The van der Waals surface area contributed by atoms with Crippen LogP contribution in [0, 0.1) is 0 Å². The Hall–Kier alpha value is -1.78. The summed E-state index contributed by atoms with van der Waals surface area (Å²) < 4.78 is 1.84. The largest absolute Gasteiger partial charge is 0.396 e. The normalized spacial score (nSPS) is 10.9. The summed E-state index contributed by atoms with van der Waals surface area (Å²) in [7, 11) is 0. The number of rotatable bonds is 2. The molecule has 2 rings (SSSR count). The predicted molar refractivity (Wildman–Crippen MR) is 56.6 cm³/mol. The van der Waals surface area contributed by atoms with E-state index in [1.165, 1.54) is 0 Å². The van der Waals surface area contributed by atoms with E-state index in [0.717, 1.165) is 24.0 Å². The summed E-state index contributed by atoms with van der Waals surface area (Å²) in [5.74, 6) is 0. The summed E-state index contributed by atoms with van der Waals surface area (Å²) in [5.41, 5.74) is 13.3. The Morgan fingerprint density at radius 1 is 1.36 bits per heavy atom. The molecule has 0 saturated carbocycles. The van der Waals surface area contributed by atoms with E-state index in [-0.39, 0.29) is 0 Å². The molecule has 0 aliphatic heterocycles. The molecule has 2 heterocycles. The van der Waals surface area contributed by atoms with Crippen LogP contribution in [0.1, 0.15) is 13.3 Å². The van der Waals surface area contributed by atoms with Gasteiger partial charge in [0.25, 0.3) is 0 Å². The molecule has 0 radical (unpaired) electrons. The number of nitrogens with zero attached hydrogens (tertiary/aromatic N) is 3. The van der Waals surface area contributed by atoms with Gasteiger partial charge in [-0.2, -0.15) is 5.10 Å². The Kier molecular flexibility index (Phi) is 1.99. The molecule has 0 aliphatic carbocycles. The van der Waals surface area contributed by atoms with Crippen molar-refractivity contribution in [1.82, 2.24) is 14.8 Å². The maximum atomic E-state index is 5.81. The van der Waals surface area contributed by atoms with Gasteiger partial charge in [0.15, 0.2) is 5.65 Å². The molecule has 0 atom stereocenters. The van der Waals surface area contributed by atoms with Crippen molar-refractivity contribution < 1.29 is 0 Å². The van der Waals surface area contributed by atoms with Gasteiger partial charge in [0.1, 0.15) is 0 Å². The van der Waals surface area contributed by atoms with Crippen LogP contribution in [0.3, 0.4) is 0 Å². The van der Waals surface area contributed by atoms with Gasteiger partial charge in [-0.1, -0.05) is 6.92 Å². The lowest BCUT2D eigenvalue weighted by Crippen LogP contribution is -2.01. The first kappa shape index (κ1) is 8.80. The highest BCUT2D eigenvalue weighted by Gasteiger charge is 2.07. The van der Waals surface area contributed by atoms with E-state index in [9.17, 15) is 0 Å². The molecule has 0 aromatic carbocycles. The van der Waals surface area contributed by atoms with Crippen LogP contribution in [-0.4, -0.2) is 14.8 Å². The molecule has 0 saturated heterocycles. The highest BCUT2D eigenvalue weighted by Crippen LogP contribution is 2.23. The average Bonchev–Trinajstić information content (AvgIpc) is 2.57. The molecule has 0 spiro atoms. The Labute approximate surface area is 81.7 Å². The Morgan fingerprint density at radius 3 is 2.86 bits per heavy atom. The Balaban J connectivity index is 2.64. The molecule has 2 aromatic heterocycles. The lowest BCUT2D eigenvalue weighted by molar-refractivity contribution is 0.617. The van der Waals surface area contributed by atoms with Crippen LogP contribution in [0.4, 0.5) is 11.4 Å². The quantitative estimate of drug-likeness (QED) is 0.742. The second-order valence-corrected chi connectivity index (χ2v) is 3.23. The summed E-state index contributed by atoms with van der Waals surface area (Å²) in [4.78, 5) is 4.22. The standard InChI is InChI=1S/C9H13N5/c1-2-3-14-9-6(4-13-14)8(11)7(10)5-12-9/h4-5H,2-3,10H2,1H3,(H2,11,12). The van der Waals surface area contributed by atoms with Crippen molar-refractivity contribution in [3.05, 3.63) is 12.4 Å². The molecule has 74 valence electrons. The third-order valence-corrected chi connectivity index (χ3v) is 2.17. The number of aromatic nitrogens is 3. The fourth-order valence-corrected chi connectivity index (χ4v) is 1.44. The van der Waals surface area contributed by atoms with Crippen molar-refractivity contribution in [2.75, 3.05) is 11.5 Å². The number of pyridine rings is 1. The van der Waals surface area contributed by atoms with E-state index in [0.29, 0.717) is 11.4 Å². The number of fused-ring (bicyclic) bond motifs is 1. The van der Waals surface area contributed by atoms with Gasteiger partial charge in [0.05, 0.1) is 29.2 Å². The zero-order valence-corrected chi connectivity index (χ0v) is 8.07. The number of anilines is 2. The summed E-state index contributed by atoms with van der Waals surface area (Å²) in [6.45, 7) is 2.94. The number of nitrogens with two attached hydrogens (primary N) is 2. The van der Waals surface area contributed by atoms with Crippen molar-refractivity contribution in [2.24, 2.45) is 0 Å². The van der Waals surface area contributed by atoms with E-state index in [1.54, 1.807) is 12.4 Å². The maximum Gasteiger partial charge on any atom is 0.159 e. The van der Waals surface area contributed by atoms with Gasteiger partial charge in [-0.15, -0.1) is 0 Å². The monoisotopic (exact) mass is 191 g/mol. The summed E-state index contributed by atoms with van der Waals surface area (Å²) in [5, 5.41) is 5.04.